The second kappa shape index (κ2) is 9.08. The van der Waals surface area contributed by atoms with Gasteiger partial charge in [0.05, 0.1) is 26.9 Å². The molecule has 2 aromatic carbocycles. The van der Waals surface area contributed by atoms with Gasteiger partial charge >= 0.3 is 11.8 Å². The van der Waals surface area contributed by atoms with Gasteiger partial charge < -0.3 is 28.7 Å². The monoisotopic (exact) mass is 453 g/mol. The summed E-state index contributed by atoms with van der Waals surface area (Å²) in [4.78, 5) is 23.8. The first-order valence-electron chi connectivity index (χ1n) is 9.04. The lowest BCUT2D eigenvalue weighted by molar-refractivity contribution is -0.136. The number of hydrogen-bond acceptors (Lipinski definition) is 7. The van der Waals surface area contributed by atoms with E-state index >= 15 is 0 Å². The Bertz CT molecular complexity index is 1180. The first kappa shape index (κ1) is 22.8. The molecule has 8 nitrogen and oxygen atoms in total. The number of hydrogen-bond donors (Lipinski definition) is 1. The molecule has 1 heterocycles. The van der Waals surface area contributed by atoms with E-state index in [2.05, 4.69) is 5.32 Å². The maximum absolute atomic E-state index is 13.1. The Morgan fingerprint density at radius 3 is 2.22 bits per heavy atom. The van der Waals surface area contributed by atoms with Gasteiger partial charge in [0.15, 0.2) is 18.1 Å². The van der Waals surface area contributed by atoms with E-state index in [-0.39, 0.29) is 16.7 Å². The molecule has 1 amide bonds. The van der Waals surface area contributed by atoms with Crippen LogP contribution in [0.4, 0.5) is 18.9 Å². The first-order chi connectivity index (χ1) is 15.2. The van der Waals surface area contributed by atoms with E-state index < -0.39 is 29.9 Å². The summed E-state index contributed by atoms with van der Waals surface area (Å²) in [6.07, 6.45) is -4.73. The molecule has 0 aliphatic rings. The van der Waals surface area contributed by atoms with Crippen LogP contribution >= 0.6 is 0 Å². The molecule has 0 saturated carbocycles. The number of alkyl halides is 3. The molecule has 3 rings (SSSR count). The minimum absolute atomic E-state index is 0.0417. The molecule has 170 valence electrons. The van der Waals surface area contributed by atoms with Crippen molar-refractivity contribution in [1.29, 1.82) is 0 Å². The third-order valence-corrected chi connectivity index (χ3v) is 4.34. The molecule has 1 N–H and O–H groups in total. The van der Waals surface area contributed by atoms with Crippen LogP contribution in [-0.2, 0) is 11.0 Å². The fourth-order valence-electron chi connectivity index (χ4n) is 2.97. The lowest BCUT2D eigenvalue weighted by Crippen LogP contribution is -2.20. The summed E-state index contributed by atoms with van der Waals surface area (Å²) in [6, 6.07) is 6.87. The summed E-state index contributed by atoms with van der Waals surface area (Å²) in [5, 5.41) is 2.29. The van der Waals surface area contributed by atoms with E-state index in [9.17, 15) is 22.8 Å². The van der Waals surface area contributed by atoms with Crippen LogP contribution in [0.1, 0.15) is 5.56 Å². The molecule has 0 bridgehead atoms. The highest BCUT2D eigenvalue weighted by molar-refractivity contribution is 5.92. The van der Waals surface area contributed by atoms with Gasteiger partial charge in [-0.2, -0.15) is 13.2 Å². The molecule has 0 spiro atoms. The lowest BCUT2D eigenvalue weighted by Gasteiger charge is -2.15. The fraction of sp³-hybridized carbons (Fsp3) is 0.238. The Hall–Kier alpha value is -3.89. The van der Waals surface area contributed by atoms with Crippen molar-refractivity contribution < 1.29 is 41.3 Å². The van der Waals surface area contributed by atoms with E-state index in [1.807, 2.05) is 0 Å². The molecule has 0 radical (unpaired) electrons. The van der Waals surface area contributed by atoms with Gasteiger partial charge in [-0.05, 0) is 12.1 Å². The van der Waals surface area contributed by atoms with Crippen LogP contribution < -0.4 is 29.9 Å². The van der Waals surface area contributed by atoms with E-state index in [4.69, 9.17) is 23.4 Å². The quantitative estimate of drug-likeness (QED) is 0.543. The predicted octanol–water partition coefficient (Wildman–Crippen LogP) is 3.86. The molecule has 0 unspecified atom stereocenters. The normalized spacial score (nSPS) is 11.2. The predicted molar refractivity (Wildman–Crippen MR) is 108 cm³/mol. The molecule has 0 aliphatic heterocycles. The van der Waals surface area contributed by atoms with Crippen molar-refractivity contribution in [2.24, 2.45) is 0 Å². The van der Waals surface area contributed by atoms with Crippen LogP contribution in [0.25, 0.3) is 11.0 Å². The maximum Gasteiger partial charge on any atom is 0.417 e. The Kier molecular flexibility index (Phi) is 6.47. The van der Waals surface area contributed by atoms with Gasteiger partial charge in [-0.3, -0.25) is 4.79 Å². The second-order valence-corrected chi connectivity index (χ2v) is 6.39. The first-order valence-corrected chi connectivity index (χ1v) is 9.04. The van der Waals surface area contributed by atoms with E-state index in [0.29, 0.717) is 29.0 Å². The Labute approximate surface area is 179 Å². The van der Waals surface area contributed by atoms with Crippen molar-refractivity contribution in [2.45, 2.75) is 6.18 Å². The molecule has 0 saturated heterocycles. The van der Waals surface area contributed by atoms with Crippen LogP contribution in [0.15, 0.2) is 45.6 Å². The van der Waals surface area contributed by atoms with Crippen molar-refractivity contribution in [2.75, 3.05) is 33.3 Å². The third kappa shape index (κ3) is 4.88. The lowest BCUT2D eigenvalue weighted by atomic mass is 10.1. The number of carbonyl (C=O) groups is 1. The zero-order valence-electron chi connectivity index (χ0n) is 17.2. The van der Waals surface area contributed by atoms with Crippen molar-refractivity contribution in [3.05, 3.63) is 52.4 Å². The topological polar surface area (TPSA) is 96.2 Å². The summed E-state index contributed by atoms with van der Waals surface area (Å²) < 4.78 is 65.2. The highest BCUT2D eigenvalue weighted by Crippen LogP contribution is 2.40. The Morgan fingerprint density at radius 2 is 1.66 bits per heavy atom. The largest absolute Gasteiger partial charge is 0.493 e. The Balaban J connectivity index is 1.76. The van der Waals surface area contributed by atoms with Crippen LogP contribution in [0, 0.1) is 0 Å². The number of benzene rings is 2. The average Bonchev–Trinajstić information content (AvgIpc) is 2.75. The Morgan fingerprint density at radius 1 is 1.00 bits per heavy atom. The zero-order valence-corrected chi connectivity index (χ0v) is 17.2. The van der Waals surface area contributed by atoms with Gasteiger partial charge in [-0.15, -0.1) is 0 Å². The smallest absolute Gasteiger partial charge is 0.417 e. The van der Waals surface area contributed by atoms with Crippen molar-refractivity contribution in [1.82, 2.24) is 0 Å². The van der Waals surface area contributed by atoms with Crippen LogP contribution in [-0.4, -0.2) is 33.8 Å². The number of halogens is 3. The number of nitrogens with one attached hydrogen (secondary N) is 1. The van der Waals surface area contributed by atoms with E-state index in [1.54, 1.807) is 0 Å². The van der Waals surface area contributed by atoms with Crippen molar-refractivity contribution in [3.63, 3.8) is 0 Å². The molecular weight excluding hydrogens is 435 g/mol. The molecule has 32 heavy (non-hydrogen) atoms. The summed E-state index contributed by atoms with van der Waals surface area (Å²) in [5.41, 5.74) is -2.24. The third-order valence-electron chi connectivity index (χ3n) is 4.34. The van der Waals surface area contributed by atoms with Crippen LogP contribution in [0.5, 0.6) is 23.0 Å². The minimum atomic E-state index is -4.73. The van der Waals surface area contributed by atoms with Crippen LogP contribution in [0.2, 0.25) is 0 Å². The fourth-order valence-corrected chi connectivity index (χ4v) is 2.97. The summed E-state index contributed by atoms with van der Waals surface area (Å²) >= 11 is 0. The SMILES string of the molecule is COc1cc(NC(=O)COc2ccc3c(C(F)(F)F)cc(=O)oc3c2)cc(OC)c1OC. The number of amides is 1. The number of ether oxygens (including phenoxy) is 4. The number of anilines is 1. The minimum Gasteiger partial charge on any atom is -0.493 e. The maximum atomic E-state index is 13.1. The number of carbonyl (C=O) groups excluding carboxylic acids is 1. The van der Waals surface area contributed by atoms with Gasteiger partial charge in [-0.25, -0.2) is 4.79 Å². The van der Waals surface area contributed by atoms with Gasteiger partial charge in [0.2, 0.25) is 5.75 Å². The van der Waals surface area contributed by atoms with Gasteiger partial charge in [0, 0.05) is 35.3 Å². The summed E-state index contributed by atoms with van der Waals surface area (Å²) in [5.74, 6) is 0.478. The molecule has 11 heteroatoms. The second-order valence-electron chi connectivity index (χ2n) is 6.39. The molecule has 3 aromatic rings. The molecule has 1 aromatic heterocycles. The average molecular weight is 453 g/mol. The summed E-state index contributed by atoms with van der Waals surface area (Å²) in [6.45, 7) is -0.467. The van der Waals surface area contributed by atoms with E-state index in [1.165, 1.54) is 39.5 Å². The standard InChI is InChI=1S/C21H18F3NO7/c1-28-16-6-11(7-17(29-2)20(16)30-3)25-18(26)10-31-12-4-5-13-14(21(22,23)24)9-19(27)32-15(13)8-12/h4-9H,10H2,1-3H3,(H,25,26). The number of methoxy groups -OCH3 is 3. The van der Waals surface area contributed by atoms with Gasteiger partial charge in [0.25, 0.3) is 5.91 Å². The highest BCUT2D eigenvalue weighted by Gasteiger charge is 2.33. The van der Waals surface area contributed by atoms with Crippen LogP contribution in [0.3, 0.4) is 0 Å². The zero-order chi connectivity index (χ0) is 23.5. The molecule has 0 aliphatic carbocycles. The highest BCUT2D eigenvalue weighted by atomic mass is 19.4. The van der Waals surface area contributed by atoms with E-state index in [0.717, 1.165) is 12.1 Å². The molecular formula is C21H18F3NO7. The van der Waals surface area contributed by atoms with Crippen molar-refractivity contribution in [3.8, 4) is 23.0 Å². The molecule has 0 atom stereocenters. The molecule has 0 fully saturated rings. The number of rotatable bonds is 7. The summed E-state index contributed by atoms with van der Waals surface area (Å²) in [7, 11) is 4.29. The van der Waals surface area contributed by atoms with Crippen molar-refractivity contribution >= 4 is 22.6 Å². The number of fused-ring (bicyclic) bond motifs is 1. The van der Waals surface area contributed by atoms with Gasteiger partial charge in [0.1, 0.15) is 11.3 Å². The van der Waals surface area contributed by atoms with Gasteiger partial charge in [-0.1, -0.05) is 0 Å².